The highest BCUT2D eigenvalue weighted by Gasteiger charge is 2.09. The summed E-state index contributed by atoms with van der Waals surface area (Å²) < 4.78 is 12.9. The molecule has 0 bridgehead atoms. The molecule has 6 nitrogen and oxygen atoms in total. The largest absolute Gasteiger partial charge is 0.355 e. The molecule has 0 saturated carbocycles. The Balaban J connectivity index is 1.48. The number of rotatable bonds is 7. The van der Waals surface area contributed by atoms with Gasteiger partial charge in [0.1, 0.15) is 5.82 Å². The summed E-state index contributed by atoms with van der Waals surface area (Å²) in [6.45, 7) is 4.31. The van der Waals surface area contributed by atoms with Crippen LogP contribution >= 0.6 is 11.3 Å². The zero-order chi connectivity index (χ0) is 19.2. The number of carbonyl (C=O) groups is 1. The lowest BCUT2D eigenvalue weighted by atomic mass is 10.1. The molecule has 0 aliphatic heterocycles. The van der Waals surface area contributed by atoms with Crippen molar-refractivity contribution < 1.29 is 9.18 Å². The van der Waals surface area contributed by atoms with Crippen LogP contribution in [0.25, 0.3) is 0 Å². The van der Waals surface area contributed by atoms with Crippen molar-refractivity contribution in [2.45, 2.75) is 26.7 Å². The second-order valence-electron chi connectivity index (χ2n) is 6.15. The molecule has 0 spiro atoms. The molecule has 8 heteroatoms. The van der Waals surface area contributed by atoms with E-state index in [4.69, 9.17) is 0 Å². The van der Waals surface area contributed by atoms with Crippen molar-refractivity contribution in [1.29, 1.82) is 0 Å². The van der Waals surface area contributed by atoms with Gasteiger partial charge in [0.05, 0.1) is 12.1 Å². The van der Waals surface area contributed by atoms with E-state index in [-0.39, 0.29) is 18.1 Å². The van der Waals surface area contributed by atoms with E-state index in [1.54, 1.807) is 12.1 Å². The predicted molar refractivity (Wildman–Crippen MR) is 104 cm³/mol. The van der Waals surface area contributed by atoms with Crippen LogP contribution in [0.5, 0.6) is 0 Å². The first-order chi connectivity index (χ1) is 13.0. The number of halogens is 1. The highest BCUT2D eigenvalue weighted by molar-refractivity contribution is 7.13. The summed E-state index contributed by atoms with van der Waals surface area (Å²) in [6, 6.07) is 8.17. The van der Waals surface area contributed by atoms with Gasteiger partial charge in [0.25, 0.3) is 0 Å². The molecule has 27 heavy (non-hydrogen) atoms. The van der Waals surface area contributed by atoms with Crippen LogP contribution in [0.2, 0.25) is 0 Å². The number of carbonyl (C=O) groups excluding carboxylic acids is 1. The van der Waals surface area contributed by atoms with Crippen LogP contribution < -0.4 is 10.6 Å². The van der Waals surface area contributed by atoms with Gasteiger partial charge in [0.2, 0.25) is 11.9 Å². The molecule has 2 N–H and O–H groups in total. The second-order valence-corrected chi connectivity index (χ2v) is 7.00. The smallest absolute Gasteiger partial charge is 0.229 e. The first kappa shape index (κ1) is 18.9. The van der Waals surface area contributed by atoms with E-state index in [0.717, 1.165) is 17.0 Å². The molecule has 2 aromatic heterocycles. The molecule has 0 unspecified atom stereocenters. The Morgan fingerprint density at radius 1 is 1.11 bits per heavy atom. The Hall–Kier alpha value is -2.87. The van der Waals surface area contributed by atoms with E-state index < -0.39 is 0 Å². The number of hydrogen-bond acceptors (Lipinski definition) is 6. The maximum atomic E-state index is 12.9. The van der Waals surface area contributed by atoms with Crippen LogP contribution in [0.3, 0.4) is 0 Å². The van der Waals surface area contributed by atoms with Crippen molar-refractivity contribution in [2.75, 3.05) is 11.9 Å². The van der Waals surface area contributed by atoms with Gasteiger partial charge in [-0.3, -0.25) is 4.79 Å². The van der Waals surface area contributed by atoms with Gasteiger partial charge < -0.3 is 10.6 Å². The van der Waals surface area contributed by atoms with Gasteiger partial charge >= 0.3 is 0 Å². The molecule has 0 aliphatic carbocycles. The van der Waals surface area contributed by atoms with Crippen molar-refractivity contribution >= 4 is 28.3 Å². The lowest BCUT2D eigenvalue weighted by Crippen LogP contribution is -2.27. The van der Waals surface area contributed by atoms with Crippen LogP contribution in [0, 0.1) is 19.7 Å². The highest BCUT2D eigenvalue weighted by atomic mass is 32.1. The average molecular weight is 385 g/mol. The molecule has 140 valence electrons. The van der Waals surface area contributed by atoms with E-state index in [1.807, 2.05) is 25.3 Å². The summed E-state index contributed by atoms with van der Waals surface area (Å²) in [4.78, 5) is 25.1. The SMILES string of the molecule is Cc1cc(C)nc(Nc2nc(CC(=O)NCCc3ccc(F)cc3)cs2)n1. The van der Waals surface area contributed by atoms with Crippen molar-refractivity contribution in [3.05, 3.63) is 64.2 Å². The topological polar surface area (TPSA) is 79.8 Å². The van der Waals surface area contributed by atoms with Gasteiger partial charge in [0.15, 0.2) is 5.13 Å². The zero-order valence-corrected chi connectivity index (χ0v) is 15.9. The van der Waals surface area contributed by atoms with Crippen LogP contribution in [-0.2, 0) is 17.6 Å². The fourth-order valence-corrected chi connectivity index (χ4v) is 3.25. The summed E-state index contributed by atoms with van der Waals surface area (Å²) >= 11 is 1.40. The van der Waals surface area contributed by atoms with Crippen molar-refractivity contribution in [2.24, 2.45) is 0 Å². The lowest BCUT2D eigenvalue weighted by Gasteiger charge is -2.05. The lowest BCUT2D eigenvalue weighted by molar-refractivity contribution is -0.120. The summed E-state index contributed by atoms with van der Waals surface area (Å²) in [5.74, 6) is 0.135. The molecule has 0 radical (unpaired) electrons. The quantitative estimate of drug-likeness (QED) is 0.652. The molecule has 1 aromatic carbocycles. The molecule has 0 atom stereocenters. The summed E-state index contributed by atoms with van der Waals surface area (Å²) in [7, 11) is 0. The Labute approximate surface area is 160 Å². The maximum absolute atomic E-state index is 12.9. The van der Waals surface area contributed by atoms with Crippen molar-refractivity contribution in [3.63, 3.8) is 0 Å². The number of thiazole rings is 1. The molecular weight excluding hydrogens is 365 g/mol. The van der Waals surface area contributed by atoms with Crippen LogP contribution in [0.4, 0.5) is 15.5 Å². The summed E-state index contributed by atoms with van der Waals surface area (Å²) in [6.07, 6.45) is 0.856. The standard InChI is InChI=1S/C19H20FN5OS/c1-12-9-13(2)23-18(22-12)25-19-24-16(11-27-19)10-17(26)21-8-7-14-3-5-15(20)6-4-14/h3-6,9,11H,7-8,10H2,1-2H3,(H,21,26)(H,22,23,24,25). The second kappa shape index (κ2) is 8.68. The number of hydrogen-bond donors (Lipinski definition) is 2. The van der Waals surface area contributed by atoms with E-state index in [2.05, 4.69) is 25.6 Å². The van der Waals surface area contributed by atoms with Crippen LogP contribution in [0.15, 0.2) is 35.7 Å². The Morgan fingerprint density at radius 3 is 2.52 bits per heavy atom. The Bertz CT molecular complexity index is 906. The third kappa shape index (κ3) is 5.82. The van der Waals surface area contributed by atoms with Gasteiger partial charge in [-0.25, -0.2) is 19.3 Å². The first-order valence-corrected chi connectivity index (χ1v) is 9.41. The molecule has 3 rings (SSSR count). The van der Waals surface area contributed by atoms with Gasteiger partial charge in [-0.15, -0.1) is 11.3 Å². The van der Waals surface area contributed by atoms with E-state index in [9.17, 15) is 9.18 Å². The monoisotopic (exact) mass is 385 g/mol. The van der Waals surface area contributed by atoms with Gasteiger partial charge in [-0.2, -0.15) is 0 Å². The number of nitrogens with zero attached hydrogens (tertiary/aromatic N) is 3. The normalized spacial score (nSPS) is 10.6. The minimum atomic E-state index is -0.262. The minimum absolute atomic E-state index is 0.100. The number of amides is 1. The molecule has 0 fully saturated rings. The van der Waals surface area contributed by atoms with Crippen molar-refractivity contribution in [1.82, 2.24) is 20.3 Å². The average Bonchev–Trinajstić information content (AvgIpc) is 3.02. The number of nitrogens with one attached hydrogen (secondary N) is 2. The molecule has 0 saturated heterocycles. The number of aromatic nitrogens is 3. The summed E-state index contributed by atoms with van der Waals surface area (Å²) in [5, 5.41) is 8.41. The zero-order valence-electron chi connectivity index (χ0n) is 15.1. The van der Waals surface area contributed by atoms with Gasteiger partial charge in [0, 0.05) is 23.3 Å². The van der Waals surface area contributed by atoms with Crippen LogP contribution in [-0.4, -0.2) is 27.4 Å². The molecule has 0 aliphatic rings. The summed E-state index contributed by atoms with van der Waals surface area (Å²) in [5.41, 5.74) is 3.42. The molecule has 2 heterocycles. The van der Waals surface area contributed by atoms with Gasteiger partial charge in [-0.1, -0.05) is 12.1 Å². The first-order valence-electron chi connectivity index (χ1n) is 8.53. The Morgan fingerprint density at radius 2 is 1.81 bits per heavy atom. The fraction of sp³-hybridized carbons (Fsp3) is 0.263. The fourth-order valence-electron chi connectivity index (χ4n) is 2.55. The number of benzene rings is 1. The third-order valence-corrected chi connectivity index (χ3v) is 4.55. The molecule has 3 aromatic rings. The predicted octanol–water partition coefficient (Wildman–Crippen LogP) is 3.33. The van der Waals surface area contributed by atoms with Gasteiger partial charge in [-0.05, 0) is 44.0 Å². The Kier molecular flexibility index (Phi) is 6.08. The maximum Gasteiger partial charge on any atom is 0.229 e. The highest BCUT2D eigenvalue weighted by Crippen LogP contribution is 2.19. The molecule has 1 amide bonds. The van der Waals surface area contributed by atoms with Crippen LogP contribution in [0.1, 0.15) is 22.6 Å². The number of anilines is 2. The van der Waals surface area contributed by atoms with E-state index in [1.165, 1.54) is 23.5 Å². The number of aryl methyl sites for hydroxylation is 2. The van der Waals surface area contributed by atoms with E-state index >= 15 is 0 Å². The van der Waals surface area contributed by atoms with Crippen molar-refractivity contribution in [3.8, 4) is 0 Å². The minimum Gasteiger partial charge on any atom is -0.355 e. The molecular formula is C19H20FN5OS. The van der Waals surface area contributed by atoms with E-state index in [0.29, 0.717) is 29.7 Å². The third-order valence-electron chi connectivity index (χ3n) is 3.74.